The van der Waals surface area contributed by atoms with Gasteiger partial charge in [0.25, 0.3) is 0 Å². The number of nitrogens with one attached hydrogen (secondary N) is 1. The molecule has 0 saturated carbocycles. The van der Waals surface area contributed by atoms with Crippen molar-refractivity contribution in [2.75, 3.05) is 13.7 Å². The van der Waals surface area contributed by atoms with E-state index in [1.807, 2.05) is 38.1 Å². The van der Waals surface area contributed by atoms with Crippen LogP contribution in [0.25, 0.3) is 0 Å². The van der Waals surface area contributed by atoms with Gasteiger partial charge in [-0.1, -0.05) is 35.4 Å². The summed E-state index contributed by atoms with van der Waals surface area (Å²) in [6.45, 7) is 8.25. The highest BCUT2D eigenvalue weighted by Gasteiger charge is 2.17. The first-order valence-electron chi connectivity index (χ1n) is 8.64. The molecule has 0 bridgehead atoms. The standard InChI is InChI=1S/C21H27NO3S/c1-16(2)13-19(14-18-7-9-20(25-4)10-8-18)15-22-26(23,24)21-11-5-17(3)6-12-21/h5-12,19,22H,1,13-15H2,2-4H3/t19-/m1/s1. The monoisotopic (exact) mass is 373 g/mol. The Morgan fingerprint density at radius 2 is 1.73 bits per heavy atom. The van der Waals surface area contributed by atoms with Crippen molar-refractivity contribution in [1.29, 1.82) is 0 Å². The van der Waals surface area contributed by atoms with Crippen molar-refractivity contribution in [3.05, 3.63) is 71.8 Å². The van der Waals surface area contributed by atoms with E-state index in [4.69, 9.17) is 4.74 Å². The van der Waals surface area contributed by atoms with Crippen molar-refractivity contribution in [3.63, 3.8) is 0 Å². The van der Waals surface area contributed by atoms with Gasteiger partial charge in [-0.2, -0.15) is 0 Å². The van der Waals surface area contributed by atoms with Crippen LogP contribution in [0.1, 0.15) is 24.5 Å². The zero-order chi connectivity index (χ0) is 19.2. The van der Waals surface area contributed by atoms with Crippen LogP contribution in [0.2, 0.25) is 0 Å². The molecule has 2 rings (SSSR count). The van der Waals surface area contributed by atoms with E-state index >= 15 is 0 Å². The van der Waals surface area contributed by atoms with Crippen molar-refractivity contribution in [2.24, 2.45) is 5.92 Å². The molecule has 2 aromatic rings. The second kappa shape index (κ2) is 9.01. The molecule has 0 aromatic heterocycles. The van der Waals surface area contributed by atoms with Crippen molar-refractivity contribution >= 4 is 10.0 Å². The lowest BCUT2D eigenvalue weighted by Crippen LogP contribution is -2.30. The summed E-state index contributed by atoms with van der Waals surface area (Å²) in [5.41, 5.74) is 3.22. The van der Waals surface area contributed by atoms with Gasteiger partial charge in [0.1, 0.15) is 5.75 Å². The first-order valence-corrected chi connectivity index (χ1v) is 10.1. The van der Waals surface area contributed by atoms with Crippen molar-refractivity contribution in [1.82, 2.24) is 4.72 Å². The third-order valence-corrected chi connectivity index (χ3v) is 5.65. The van der Waals surface area contributed by atoms with Crippen molar-refractivity contribution in [3.8, 4) is 5.75 Å². The van der Waals surface area contributed by atoms with Gasteiger partial charge in [0.15, 0.2) is 0 Å². The normalized spacial score (nSPS) is 12.6. The number of rotatable bonds is 9. The fourth-order valence-corrected chi connectivity index (χ4v) is 3.95. The van der Waals surface area contributed by atoms with Crippen LogP contribution in [0.15, 0.2) is 65.6 Å². The van der Waals surface area contributed by atoms with Crippen molar-refractivity contribution < 1.29 is 13.2 Å². The molecule has 0 amide bonds. The van der Waals surface area contributed by atoms with Crippen LogP contribution >= 0.6 is 0 Å². The van der Waals surface area contributed by atoms with Gasteiger partial charge >= 0.3 is 0 Å². The van der Waals surface area contributed by atoms with E-state index in [9.17, 15) is 8.42 Å². The Hall–Kier alpha value is -2.11. The summed E-state index contributed by atoms with van der Waals surface area (Å²) < 4.78 is 33.0. The second-order valence-corrected chi connectivity index (χ2v) is 8.51. The number of methoxy groups -OCH3 is 1. The number of sulfonamides is 1. The molecule has 0 aliphatic carbocycles. The Balaban J connectivity index is 2.06. The highest BCUT2D eigenvalue weighted by molar-refractivity contribution is 7.89. The Kier molecular flexibility index (Phi) is 7.00. The molecule has 2 aromatic carbocycles. The molecule has 140 valence electrons. The smallest absolute Gasteiger partial charge is 0.240 e. The van der Waals surface area contributed by atoms with Gasteiger partial charge in [0, 0.05) is 6.54 Å². The van der Waals surface area contributed by atoms with Gasteiger partial charge in [-0.25, -0.2) is 13.1 Å². The lowest BCUT2D eigenvalue weighted by Gasteiger charge is -2.18. The van der Waals surface area contributed by atoms with E-state index in [1.165, 1.54) is 0 Å². The maximum Gasteiger partial charge on any atom is 0.240 e. The summed E-state index contributed by atoms with van der Waals surface area (Å²) in [4.78, 5) is 0.293. The molecule has 0 heterocycles. The average Bonchev–Trinajstić information content (AvgIpc) is 2.60. The highest BCUT2D eigenvalue weighted by Crippen LogP contribution is 2.19. The summed E-state index contributed by atoms with van der Waals surface area (Å²) in [5.74, 6) is 0.950. The van der Waals surface area contributed by atoms with Gasteiger partial charge in [0.2, 0.25) is 10.0 Å². The summed E-state index contributed by atoms with van der Waals surface area (Å²) in [7, 11) is -1.87. The minimum Gasteiger partial charge on any atom is -0.497 e. The Bertz CT molecular complexity index is 825. The number of benzene rings is 2. The quantitative estimate of drug-likeness (QED) is 0.673. The van der Waals surface area contributed by atoms with Crippen LogP contribution < -0.4 is 9.46 Å². The van der Waals surface area contributed by atoms with E-state index in [0.29, 0.717) is 11.4 Å². The molecule has 0 aliphatic rings. The summed E-state index contributed by atoms with van der Waals surface area (Å²) in [6, 6.07) is 14.7. The number of ether oxygens (including phenoxy) is 1. The molecule has 0 saturated heterocycles. The number of allylic oxidation sites excluding steroid dienone is 1. The Morgan fingerprint density at radius 1 is 1.12 bits per heavy atom. The average molecular weight is 374 g/mol. The number of hydrogen-bond donors (Lipinski definition) is 1. The second-order valence-electron chi connectivity index (χ2n) is 6.74. The molecule has 1 atom stereocenters. The molecular formula is C21H27NO3S. The highest BCUT2D eigenvalue weighted by atomic mass is 32.2. The maximum atomic E-state index is 12.5. The van der Waals surface area contributed by atoms with Crippen molar-refractivity contribution in [2.45, 2.75) is 31.6 Å². The fourth-order valence-electron chi connectivity index (χ4n) is 2.83. The van der Waals surface area contributed by atoms with Gasteiger partial charge in [-0.3, -0.25) is 0 Å². The van der Waals surface area contributed by atoms with Gasteiger partial charge in [-0.05, 0) is 62.4 Å². The number of aryl methyl sites for hydroxylation is 1. The van der Waals surface area contributed by atoms with Gasteiger partial charge in [-0.15, -0.1) is 6.58 Å². The molecule has 4 nitrogen and oxygen atoms in total. The molecule has 0 spiro atoms. The maximum absolute atomic E-state index is 12.5. The zero-order valence-electron chi connectivity index (χ0n) is 15.7. The predicted octanol–water partition coefficient (Wildman–Crippen LogP) is 4.11. The molecule has 0 radical (unpaired) electrons. The zero-order valence-corrected chi connectivity index (χ0v) is 16.5. The molecule has 0 unspecified atom stereocenters. The lowest BCUT2D eigenvalue weighted by molar-refractivity contribution is 0.414. The predicted molar refractivity (Wildman–Crippen MR) is 106 cm³/mol. The van der Waals surface area contributed by atoms with E-state index in [2.05, 4.69) is 11.3 Å². The van der Waals surface area contributed by atoms with Crippen LogP contribution in [0.3, 0.4) is 0 Å². The molecule has 0 fully saturated rings. The molecular weight excluding hydrogens is 346 g/mol. The molecule has 0 aliphatic heterocycles. The summed E-state index contributed by atoms with van der Waals surface area (Å²) in [6.07, 6.45) is 1.54. The van der Waals surface area contributed by atoms with Crippen LogP contribution in [0.4, 0.5) is 0 Å². The summed E-state index contributed by atoms with van der Waals surface area (Å²) >= 11 is 0. The van der Waals surface area contributed by atoms with Crippen LogP contribution in [-0.2, 0) is 16.4 Å². The Labute approximate surface area is 157 Å². The minimum atomic E-state index is -3.51. The van der Waals surface area contributed by atoms with E-state index in [0.717, 1.165) is 35.3 Å². The number of hydrogen-bond acceptors (Lipinski definition) is 3. The Morgan fingerprint density at radius 3 is 2.27 bits per heavy atom. The lowest BCUT2D eigenvalue weighted by atomic mass is 9.93. The topological polar surface area (TPSA) is 55.4 Å². The third kappa shape index (κ3) is 6.00. The summed E-state index contributed by atoms with van der Waals surface area (Å²) in [5, 5.41) is 0. The first-order chi connectivity index (χ1) is 12.3. The van der Waals surface area contributed by atoms with Gasteiger partial charge in [0.05, 0.1) is 12.0 Å². The van der Waals surface area contributed by atoms with Crippen LogP contribution in [0, 0.1) is 12.8 Å². The van der Waals surface area contributed by atoms with E-state index < -0.39 is 10.0 Å². The molecule has 5 heteroatoms. The van der Waals surface area contributed by atoms with Crippen LogP contribution in [0.5, 0.6) is 5.75 Å². The van der Waals surface area contributed by atoms with Gasteiger partial charge < -0.3 is 4.74 Å². The molecule has 26 heavy (non-hydrogen) atoms. The third-order valence-electron chi connectivity index (χ3n) is 4.21. The first kappa shape index (κ1) is 20.2. The van der Waals surface area contributed by atoms with Crippen LogP contribution in [-0.4, -0.2) is 22.1 Å². The minimum absolute atomic E-state index is 0.140. The largest absolute Gasteiger partial charge is 0.497 e. The molecule has 1 N–H and O–H groups in total. The SMILES string of the molecule is C=C(C)C[C@@H](CNS(=O)(=O)c1ccc(C)cc1)Cc1ccc(OC)cc1. The van der Waals surface area contributed by atoms with E-state index in [-0.39, 0.29) is 5.92 Å². The van der Waals surface area contributed by atoms with E-state index in [1.54, 1.807) is 31.4 Å². The fraction of sp³-hybridized carbons (Fsp3) is 0.333.